The largest absolute Gasteiger partial charge is 0.480 e. The Kier molecular flexibility index (Phi) is 5.41. The van der Waals surface area contributed by atoms with Crippen LogP contribution in [0.3, 0.4) is 0 Å². The summed E-state index contributed by atoms with van der Waals surface area (Å²) >= 11 is 0. The third-order valence-corrected chi connectivity index (χ3v) is 3.39. The van der Waals surface area contributed by atoms with Crippen LogP contribution in [0.25, 0.3) is 0 Å². The molecule has 5 nitrogen and oxygen atoms in total. The summed E-state index contributed by atoms with van der Waals surface area (Å²) in [6.07, 6.45) is 5.99. The molecule has 0 spiro atoms. The Bertz CT molecular complexity index is 275. The molecule has 1 atom stereocenters. The van der Waals surface area contributed by atoms with E-state index in [1.807, 2.05) is 0 Å². The fourth-order valence-corrected chi connectivity index (χ4v) is 2.29. The van der Waals surface area contributed by atoms with E-state index in [2.05, 4.69) is 0 Å². The van der Waals surface area contributed by atoms with Crippen molar-refractivity contribution in [2.75, 3.05) is 13.6 Å². The van der Waals surface area contributed by atoms with Crippen LogP contribution in [0.4, 0.5) is 0 Å². The molecule has 0 aromatic carbocycles. The van der Waals surface area contributed by atoms with Crippen LogP contribution in [0.5, 0.6) is 0 Å². The van der Waals surface area contributed by atoms with Crippen molar-refractivity contribution in [2.45, 2.75) is 44.6 Å². The van der Waals surface area contributed by atoms with Gasteiger partial charge in [-0.3, -0.25) is 9.59 Å². The Morgan fingerprint density at radius 1 is 1.35 bits per heavy atom. The number of hydrogen-bond donors (Lipinski definition) is 2. The highest BCUT2D eigenvalue weighted by Gasteiger charge is 2.22. The molecule has 0 bridgehead atoms. The monoisotopic (exact) mass is 242 g/mol. The summed E-state index contributed by atoms with van der Waals surface area (Å²) in [5.74, 6) is -0.728. The molecule has 0 radical (unpaired) electrons. The number of hydrogen-bond acceptors (Lipinski definition) is 3. The number of nitrogens with zero attached hydrogens (tertiary/aromatic N) is 1. The minimum absolute atomic E-state index is 0.113. The van der Waals surface area contributed by atoms with Crippen molar-refractivity contribution in [3.05, 3.63) is 0 Å². The van der Waals surface area contributed by atoms with Gasteiger partial charge in [-0.2, -0.15) is 0 Å². The molecule has 1 aliphatic rings. The summed E-state index contributed by atoms with van der Waals surface area (Å²) in [6, 6.07) is -1.09. The first kappa shape index (κ1) is 14.0. The third kappa shape index (κ3) is 4.73. The van der Waals surface area contributed by atoms with E-state index in [-0.39, 0.29) is 12.3 Å². The smallest absolute Gasteiger partial charge is 0.321 e. The van der Waals surface area contributed by atoms with Crippen molar-refractivity contribution in [2.24, 2.45) is 11.7 Å². The van der Waals surface area contributed by atoms with Crippen LogP contribution in [0.1, 0.15) is 38.5 Å². The van der Waals surface area contributed by atoms with Gasteiger partial charge < -0.3 is 15.7 Å². The lowest BCUT2D eigenvalue weighted by atomic mass is 9.89. The lowest BCUT2D eigenvalue weighted by molar-refractivity contribution is -0.142. The second kappa shape index (κ2) is 6.59. The highest BCUT2D eigenvalue weighted by Crippen LogP contribution is 2.24. The van der Waals surface area contributed by atoms with E-state index in [0.717, 1.165) is 6.54 Å². The topological polar surface area (TPSA) is 83.6 Å². The number of carbonyl (C=O) groups excluding carboxylic acids is 1. The molecule has 0 aliphatic heterocycles. The molecule has 1 aliphatic carbocycles. The van der Waals surface area contributed by atoms with Crippen molar-refractivity contribution in [3.8, 4) is 0 Å². The van der Waals surface area contributed by atoms with Gasteiger partial charge in [-0.15, -0.1) is 0 Å². The molecule has 1 rings (SSSR count). The summed E-state index contributed by atoms with van der Waals surface area (Å²) in [5.41, 5.74) is 5.34. The molecular weight excluding hydrogens is 220 g/mol. The SMILES string of the molecule is CN(CC1CCCCC1)C(=O)CC(N)C(=O)O. The second-order valence-electron chi connectivity index (χ2n) is 4.93. The predicted octanol–water partition coefficient (Wildman–Crippen LogP) is 0.827. The number of carboxylic acids is 1. The molecule has 1 saturated carbocycles. The number of rotatable bonds is 5. The summed E-state index contributed by atoms with van der Waals surface area (Å²) in [4.78, 5) is 23.9. The van der Waals surface area contributed by atoms with Crippen LogP contribution in [-0.2, 0) is 9.59 Å². The summed E-state index contributed by atoms with van der Waals surface area (Å²) in [6.45, 7) is 0.727. The van der Waals surface area contributed by atoms with Crippen LogP contribution in [0.2, 0.25) is 0 Å². The summed E-state index contributed by atoms with van der Waals surface area (Å²) in [5, 5.41) is 8.64. The molecule has 1 unspecified atom stereocenters. The minimum atomic E-state index is -1.12. The maximum absolute atomic E-state index is 11.7. The van der Waals surface area contributed by atoms with Crippen LogP contribution in [-0.4, -0.2) is 41.5 Å². The van der Waals surface area contributed by atoms with Crippen molar-refractivity contribution < 1.29 is 14.7 Å². The number of nitrogens with two attached hydrogens (primary N) is 1. The average Bonchev–Trinajstić information content (AvgIpc) is 2.29. The zero-order chi connectivity index (χ0) is 12.8. The van der Waals surface area contributed by atoms with Crippen molar-refractivity contribution in [1.82, 2.24) is 4.90 Å². The highest BCUT2D eigenvalue weighted by atomic mass is 16.4. The fourth-order valence-electron chi connectivity index (χ4n) is 2.29. The van der Waals surface area contributed by atoms with Gasteiger partial charge >= 0.3 is 5.97 Å². The third-order valence-electron chi connectivity index (χ3n) is 3.39. The second-order valence-corrected chi connectivity index (χ2v) is 4.93. The van der Waals surface area contributed by atoms with E-state index < -0.39 is 12.0 Å². The molecule has 98 valence electrons. The van der Waals surface area contributed by atoms with Gasteiger partial charge in [-0.25, -0.2) is 0 Å². The van der Waals surface area contributed by atoms with Gasteiger partial charge in [-0.05, 0) is 18.8 Å². The van der Waals surface area contributed by atoms with Gasteiger partial charge in [-0.1, -0.05) is 19.3 Å². The molecule has 0 aromatic rings. The fraction of sp³-hybridized carbons (Fsp3) is 0.833. The molecule has 3 N–H and O–H groups in total. The molecule has 17 heavy (non-hydrogen) atoms. The van der Waals surface area contributed by atoms with E-state index in [1.165, 1.54) is 32.1 Å². The van der Waals surface area contributed by atoms with Gasteiger partial charge in [0.25, 0.3) is 0 Å². The van der Waals surface area contributed by atoms with E-state index in [0.29, 0.717) is 5.92 Å². The highest BCUT2D eigenvalue weighted by molar-refractivity contribution is 5.84. The van der Waals surface area contributed by atoms with Gasteiger partial charge in [0, 0.05) is 13.6 Å². The van der Waals surface area contributed by atoms with Crippen LogP contribution >= 0.6 is 0 Å². The van der Waals surface area contributed by atoms with Gasteiger partial charge in [0.1, 0.15) is 6.04 Å². The first-order valence-electron chi connectivity index (χ1n) is 6.23. The standard InChI is InChI=1S/C12H22N2O3/c1-14(8-9-5-3-2-4-6-9)11(15)7-10(13)12(16)17/h9-10H,2-8,13H2,1H3,(H,16,17). The van der Waals surface area contributed by atoms with Crippen molar-refractivity contribution in [1.29, 1.82) is 0 Å². The Labute approximate surface area is 102 Å². The molecule has 0 saturated heterocycles. The first-order chi connectivity index (χ1) is 8.00. The Morgan fingerprint density at radius 2 is 1.94 bits per heavy atom. The Morgan fingerprint density at radius 3 is 2.47 bits per heavy atom. The maximum Gasteiger partial charge on any atom is 0.321 e. The van der Waals surface area contributed by atoms with Gasteiger partial charge in [0.05, 0.1) is 6.42 Å². The zero-order valence-corrected chi connectivity index (χ0v) is 10.4. The number of amides is 1. The lowest BCUT2D eigenvalue weighted by Gasteiger charge is -2.27. The lowest BCUT2D eigenvalue weighted by Crippen LogP contribution is -2.39. The normalized spacial score (nSPS) is 18.7. The minimum Gasteiger partial charge on any atom is -0.480 e. The average molecular weight is 242 g/mol. The summed E-state index contributed by atoms with van der Waals surface area (Å²) in [7, 11) is 1.73. The Hall–Kier alpha value is -1.10. The zero-order valence-electron chi connectivity index (χ0n) is 10.4. The first-order valence-corrected chi connectivity index (χ1v) is 6.23. The quantitative estimate of drug-likeness (QED) is 0.748. The molecule has 1 amide bonds. The molecule has 0 aromatic heterocycles. The molecule has 5 heteroatoms. The molecule has 1 fully saturated rings. The van der Waals surface area contributed by atoms with E-state index in [9.17, 15) is 9.59 Å². The number of carbonyl (C=O) groups is 2. The molecular formula is C12H22N2O3. The van der Waals surface area contributed by atoms with Gasteiger partial charge in [0.2, 0.25) is 5.91 Å². The van der Waals surface area contributed by atoms with Crippen LogP contribution in [0.15, 0.2) is 0 Å². The predicted molar refractivity (Wildman–Crippen MR) is 64.4 cm³/mol. The maximum atomic E-state index is 11.7. The van der Waals surface area contributed by atoms with Crippen molar-refractivity contribution in [3.63, 3.8) is 0 Å². The van der Waals surface area contributed by atoms with Crippen molar-refractivity contribution >= 4 is 11.9 Å². The molecule has 0 heterocycles. The van der Waals surface area contributed by atoms with E-state index in [4.69, 9.17) is 10.8 Å². The van der Waals surface area contributed by atoms with Crippen LogP contribution < -0.4 is 5.73 Å². The van der Waals surface area contributed by atoms with E-state index >= 15 is 0 Å². The number of carboxylic acid groups (broad SMARTS) is 1. The van der Waals surface area contributed by atoms with Crippen LogP contribution in [0, 0.1) is 5.92 Å². The van der Waals surface area contributed by atoms with E-state index in [1.54, 1.807) is 11.9 Å². The van der Waals surface area contributed by atoms with Gasteiger partial charge in [0.15, 0.2) is 0 Å². The number of aliphatic carboxylic acids is 1. The Balaban J connectivity index is 2.33. The summed E-state index contributed by atoms with van der Waals surface area (Å²) < 4.78 is 0.